The van der Waals surface area contributed by atoms with Crippen molar-refractivity contribution in [3.63, 3.8) is 0 Å². The molecular weight excluding hydrogens is 586 g/mol. The van der Waals surface area contributed by atoms with Crippen molar-refractivity contribution in [1.82, 2.24) is 4.90 Å². The molecule has 0 amide bonds. The van der Waals surface area contributed by atoms with Crippen LogP contribution >= 0.6 is 0 Å². The van der Waals surface area contributed by atoms with Gasteiger partial charge in [-0.1, -0.05) is 34.6 Å². The second kappa shape index (κ2) is 11.1. The minimum absolute atomic E-state index is 0.0201. The number of nitrogens with zero attached hydrogens (tertiary/aromatic N) is 1. The lowest BCUT2D eigenvalue weighted by Gasteiger charge is -2.64. The Hall–Kier alpha value is -0.360. The number of fused-ring (bicyclic) bond motifs is 4. The third-order valence-electron chi connectivity index (χ3n) is 16.2. The van der Waals surface area contributed by atoms with Gasteiger partial charge in [-0.3, -0.25) is 4.90 Å². The summed E-state index contributed by atoms with van der Waals surface area (Å²) in [6.07, 6.45) is 5.99. The Morgan fingerprint density at radius 1 is 0.978 bits per heavy atom. The first kappa shape index (κ1) is 34.1. The van der Waals surface area contributed by atoms with Gasteiger partial charge in [-0.25, -0.2) is 0 Å². The van der Waals surface area contributed by atoms with Crippen molar-refractivity contribution in [1.29, 1.82) is 0 Å². The van der Waals surface area contributed by atoms with E-state index in [-0.39, 0.29) is 76.7 Å². The lowest BCUT2D eigenvalue weighted by Crippen LogP contribution is -2.60. The predicted molar refractivity (Wildman–Crippen MR) is 173 cm³/mol. The first-order valence-electron chi connectivity index (χ1n) is 18.5. The highest BCUT2D eigenvalue weighted by molar-refractivity contribution is 5.33. The Labute approximate surface area is 276 Å². The van der Waals surface area contributed by atoms with Crippen LogP contribution in [-0.4, -0.2) is 112 Å². The third kappa shape index (κ3) is 4.44. The second-order valence-electron chi connectivity index (χ2n) is 18.6. The van der Waals surface area contributed by atoms with E-state index in [0.717, 1.165) is 32.1 Å². The van der Waals surface area contributed by atoms with E-state index in [0.29, 0.717) is 38.0 Å². The maximum absolute atomic E-state index is 12.4. The van der Waals surface area contributed by atoms with Gasteiger partial charge in [-0.15, -0.1) is 0 Å². The molecular formula is C37H63NO8. The third-order valence-corrected chi connectivity index (χ3v) is 16.2. The summed E-state index contributed by atoms with van der Waals surface area (Å²) < 4.78 is 19.5. The van der Waals surface area contributed by atoms with Crippen molar-refractivity contribution in [2.45, 2.75) is 148 Å². The van der Waals surface area contributed by atoms with Crippen LogP contribution in [0, 0.1) is 50.7 Å². The Balaban J connectivity index is 1.11. The summed E-state index contributed by atoms with van der Waals surface area (Å²) in [6, 6.07) is -0.279. The fourth-order valence-corrected chi connectivity index (χ4v) is 13.7. The summed E-state index contributed by atoms with van der Waals surface area (Å²) in [4.78, 5) is 2.09. The molecule has 14 atom stereocenters. The van der Waals surface area contributed by atoms with E-state index in [4.69, 9.17) is 14.2 Å². The number of morpholine rings is 1. The van der Waals surface area contributed by atoms with Crippen LogP contribution in [0.5, 0.6) is 0 Å². The number of hydrogen-bond donors (Lipinski definition) is 5. The van der Waals surface area contributed by atoms with E-state index >= 15 is 0 Å². The van der Waals surface area contributed by atoms with Crippen molar-refractivity contribution in [2.24, 2.45) is 50.7 Å². The number of aliphatic hydroxyl groups is 5. The SMILES string of the molecule is C[C@@H]1CC(C(O)C(C)(C)O)OC2[C@H]1C1(C)CCC34CC35CCC(O[C@H]3CN(C(CO)CO)CCO3)C(C)(C)[C@@H]5CCC4[C@]1(C)[C@H]2O. The lowest BCUT2D eigenvalue weighted by molar-refractivity contribution is -0.252. The number of aliphatic hydroxyl groups excluding tert-OH is 4. The Bertz CT molecular complexity index is 1160. The van der Waals surface area contributed by atoms with Gasteiger partial charge in [0.25, 0.3) is 0 Å². The van der Waals surface area contributed by atoms with Gasteiger partial charge in [0.2, 0.25) is 0 Å². The van der Waals surface area contributed by atoms with Gasteiger partial charge in [0, 0.05) is 12.0 Å². The van der Waals surface area contributed by atoms with E-state index in [1.165, 1.54) is 12.8 Å². The summed E-state index contributed by atoms with van der Waals surface area (Å²) >= 11 is 0. The van der Waals surface area contributed by atoms with Crippen LogP contribution in [0.4, 0.5) is 0 Å². The molecule has 7 aliphatic rings. The highest BCUT2D eigenvalue weighted by Gasteiger charge is 2.84. The molecule has 0 aromatic heterocycles. The quantitative estimate of drug-likeness (QED) is 0.282. The fraction of sp³-hybridized carbons (Fsp3) is 1.00. The number of rotatable bonds is 7. The minimum Gasteiger partial charge on any atom is -0.395 e. The molecule has 7 fully saturated rings. The molecule has 9 heteroatoms. The molecule has 5 saturated carbocycles. The van der Waals surface area contributed by atoms with Gasteiger partial charge >= 0.3 is 0 Å². The van der Waals surface area contributed by atoms with Gasteiger partial charge < -0.3 is 39.7 Å². The first-order chi connectivity index (χ1) is 21.5. The summed E-state index contributed by atoms with van der Waals surface area (Å²) in [6.45, 7) is 16.9. The summed E-state index contributed by atoms with van der Waals surface area (Å²) in [5, 5.41) is 53.5. The maximum atomic E-state index is 12.4. The normalized spacial score (nSPS) is 52.2. The molecule has 264 valence electrons. The molecule has 0 aromatic rings. The molecule has 2 saturated heterocycles. The fourth-order valence-electron chi connectivity index (χ4n) is 13.7. The van der Waals surface area contributed by atoms with Crippen molar-refractivity contribution < 1.29 is 39.7 Å². The van der Waals surface area contributed by atoms with Gasteiger partial charge in [0.15, 0.2) is 6.29 Å². The van der Waals surface area contributed by atoms with Crippen LogP contribution in [0.25, 0.3) is 0 Å². The van der Waals surface area contributed by atoms with Crippen molar-refractivity contribution >= 4 is 0 Å². The van der Waals surface area contributed by atoms with Gasteiger partial charge in [0.1, 0.15) is 6.10 Å². The number of ether oxygens (including phenoxy) is 3. The molecule has 0 radical (unpaired) electrons. The zero-order valence-electron chi connectivity index (χ0n) is 29.5. The van der Waals surface area contributed by atoms with E-state index < -0.39 is 23.9 Å². The maximum Gasteiger partial charge on any atom is 0.170 e. The molecule has 2 heterocycles. The molecule has 9 nitrogen and oxygen atoms in total. The average Bonchev–Trinajstić information content (AvgIpc) is 3.63. The molecule has 8 unspecified atom stereocenters. The Morgan fingerprint density at radius 3 is 2.33 bits per heavy atom. The van der Waals surface area contributed by atoms with Crippen molar-refractivity contribution in [2.75, 3.05) is 32.9 Å². The molecule has 2 aliphatic heterocycles. The van der Waals surface area contributed by atoms with Crippen LogP contribution in [0.3, 0.4) is 0 Å². The predicted octanol–water partition coefficient (Wildman–Crippen LogP) is 3.33. The zero-order valence-corrected chi connectivity index (χ0v) is 29.5. The van der Waals surface area contributed by atoms with Gasteiger partial charge in [-0.2, -0.15) is 0 Å². The van der Waals surface area contributed by atoms with E-state index in [2.05, 4.69) is 39.5 Å². The highest BCUT2D eigenvalue weighted by Crippen LogP contribution is 2.89. The lowest BCUT2D eigenvalue weighted by atomic mass is 9.41. The molecule has 2 spiro atoms. The molecule has 5 aliphatic carbocycles. The van der Waals surface area contributed by atoms with Crippen LogP contribution in [0.1, 0.15) is 99.8 Å². The van der Waals surface area contributed by atoms with Gasteiger partial charge in [-0.05, 0) is 111 Å². The minimum atomic E-state index is -1.26. The van der Waals surface area contributed by atoms with Crippen molar-refractivity contribution in [3.8, 4) is 0 Å². The molecule has 46 heavy (non-hydrogen) atoms. The molecule has 5 N–H and O–H groups in total. The Kier molecular flexibility index (Phi) is 8.21. The van der Waals surface area contributed by atoms with Crippen molar-refractivity contribution in [3.05, 3.63) is 0 Å². The number of hydrogen-bond acceptors (Lipinski definition) is 9. The summed E-state index contributed by atoms with van der Waals surface area (Å²) in [5.41, 5.74) is -1.08. The standard InChI is InChI=1S/C37H63NO8/c1-21-16-23(30(41)33(4,5)43)45-29-28(21)34(6)12-13-37-20-36(37)11-10-26(46-27-17-38(14-15-44-27)22(18-39)19-40)32(2,3)24(36)8-9-25(37)35(34,7)31(29)42/h21-31,39-43H,8-20H2,1-7H3/t21-,23?,24+,25?,26?,27+,28+,29?,30?,31+,34?,35-,36?,37?/m1/s1. The first-order valence-corrected chi connectivity index (χ1v) is 18.5. The van der Waals surface area contributed by atoms with E-state index in [1.54, 1.807) is 13.8 Å². The summed E-state index contributed by atoms with van der Waals surface area (Å²) in [5.74, 6) is 1.50. The second-order valence-corrected chi connectivity index (χ2v) is 18.6. The average molecular weight is 650 g/mol. The molecule has 7 rings (SSSR count). The van der Waals surface area contributed by atoms with Crippen LogP contribution < -0.4 is 0 Å². The van der Waals surface area contributed by atoms with Crippen LogP contribution in [0.15, 0.2) is 0 Å². The summed E-state index contributed by atoms with van der Waals surface area (Å²) in [7, 11) is 0. The monoisotopic (exact) mass is 649 g/mol. The van der Waals surface area contributed by atoms with Gasteiger partial charge in [0.05, 0.1) is 62.4 Å². The molecule has 0 aromatic carbocycles. The largest absolute Gasteiger partial charge is 0.395 e. The van der Waals surface area contributed by atoms with Crippen LogP contribution in [0.2, 0.25) is 0 Å². The highest BCUT2D eigenvalue weighted by atomic mass is 16.7. The van der Waals surface area contributed by atoms with Crippen LogP contribution in [-0.2, 0) is 14.2 Å². The topological polar surface area (TPSA) is 132 Å². The van der Waals surface area contributed by atoms with E-state index in [9.17, 15) is 25.5 Å². The molecule has 0 bridgehead atoms. The Morgan fingerprint density at radius 2 is 1.65 bits per heavy atom. The van der Waals surface area contributed by atoms with E-state index in [1.807, 2.05) is 0 Å². The smallest absolute Gasteiger partial charge is 0.170 e. The zero-order chi connectivity index (χ0) is 33.2.